The van der Waals surface area contributed by atoms with Crippen molar-refractivity contribution in [1.29, 1.82) is 0 Å². The molecule has 1 N–H and O–H groups in total. The third-order valence-electron chi connectivity index (χ3n) is 7.07. The maximum atomic E-state index is 13.5. The lowest BCUT2D eigenvalue weighted by molar-refractivity contribution is -0.132. The van der Waals surface area contributed by atoms with Gasteiger partial charge in [-0.15, -0.1) is 0 Å². The molecule has 1 atom stereocenters. The van der Waals surface area contributed by atoms with Gasteiger partial charge in [0.25, 0.3) is 0 Å². The number of nitrogens with one attached hydrogen (secondary N) is 1. The molecule has 2 heterocycles. The van der Waals surface area contributed by atoms with Crippen molar-refractivity contribution in [3.05, 3.63) is 46.8 Å². The number of hydrogen-bond donors (Lipinski definition) is 1. The van der Waals surface area contributed by atoms with Crippen LogP contribution in [0.2, 0.25) is 0 Å². The Balaban J connectivity index is 1.59. The summed E-state index contributed by atoms with van der Waals surface area (Å²) in [4.78, 5) is 70.8. The zero-order chi connectivity index (χ0) is 25.3. The Morgan fingerprint density at radius 2 is 1.26 bits per heavy atom. The molecule has 1 aromatic rings. The second kappa shape index (κ2) is 9.99. The van der Waals surface area contributed by atoms with Crippen molar-refractivity contribution in [3.63, 3.8) is 0 Å². The van der Waals surface area contributed by atoms with Crippen LogP contribution >= 0.6 is 0 Å². The molecule has 0 saturated carbocycles. The molecule has 4 rings (SSSR count). The summed E-state index contributed by atoms with van der Waals surface area (Å²) < 4.78 is 0. The van der Waals surface area contributed by atoms with Gasteiger partial charge >= 0.3 is 0 Å². The van der Waals surface area contributed by atoms with Gasteiger partial charge in [0.15, 0.2) is 0 Å². The monoisotopic (exact) mass is 481 g/mol. The number of carbonyl (C=O) groups excluding carboxylic acids is 5. The minimum absolute atomic E-state index is 0.00593. The van der Waals surface area contributed by atoms with Crippen molar-refractivity contribution in [3.8, 4) is 0 Å². The molecule has 0 radical (unpaired) electrons. The molecule has 1 aliphatic carbocycles. The molecular weight excluding hydrogens is 450 g/mol. The van der Waals surface area contributed by atoms with Crippen molar-refractivity contribution in [2.45, 2.75) is 26.8 Å². The molecule has 1 unspecified atom stereocenters. The molecule has 0 spiro atoms. The number of fused-ring (bicyclic) bond motifs is 1. The predicted molar refractivity (Wildman–Crippen MR) is 127 cm³/mol. The molecule has 186 valence electrons. The molecular formula is C25H31N5O5. The van der Waals surface area contributed by atoms with Gasteiger partial charge in [0, 0.05) is 77.3 Å². The summed E-state index contributed by atoms with van der Waals surface area (Å²) >= 11 is 0. The van der Waals surface area contributed by atoms with Crippen LogP contribution < -0.4 is 5.32 Å². The average Bonchev–Trinajstić information content (AvgIpc) is 2.87. The van der Waals surface area contributed by atoms with E-state index >= 15 is 0 Å². The van der Waals surface area contributed by atoms with Gasteiger partial charge in [-0.05, 0) is 6.92 Å². The van der Waals surface area contributed by atoms with Gasteiger partial charge < -0.3 is 20.0 Å². The van der Waals surface area contributed by atoms with E-state index in [9.17, 15) is 24.0 Å². The first-order valence-corrected chi connectivity index (χ1v) is 11.9. The van der Waals surface area contributed by atoms with E-state index in [0.29, 0.717) is 57.9 Å². The fourth-order valence-electron chi connectivity index (χ4n) is 4.84. The highest BCUT2D eigenvalue weighted by molar-refractivity contribution is 6.27. The van der Waals surface area contributed by atoms with Crippen LogP contribution in [0.3, 0.4) is 0 Å². The molecule has 3 amide bonds. The number of piperazine rings is 2. The molecule has 10 heteroatoms. The van der Waals surface area contributed by atoms with Gasteiger partial charge in [-0.25, -0.2) is 0 Å². The summed E-state index contributed by atoms with van der Waals surface area (Å²) in [7, 11) is 0. The number of amides is 3. The van der Waals surface area contributed by atoms with E-state index in [1.54, 1.807) is 45.9 Å². The average molecular weight is 482 g/mol. The molecule has 1 aromatic carbocycles. The number of ketones is 2. The maximum absolute atomic E-state index is 13.5. The zero-order valence-corrected chi connectivity index (χ0v) is 20.4. The molecule has 10 nitrogen and oxygen atoms in total. The van der Waals surface area contributed by atoms with Gasteiger partial charge in [0.1, 0.15) is 11.4 Å². The Labute approximate surface area is 204 Å². The summed E-state index contributed by atoms with van der Waals surface area (Å²) in [5.41, 5.74) is 0.748. The number of allylic oxidation sites excluding steroid dienone is 2. The second-order valence-corrected chi connectivity index (χ2v) is 9.13. The SMILES string of the molecule is CC(=O)N1CCN(C2=C(NC(=O)C(C)N3CCN(C(C)=O)CC3)C(=O)c3ccccc3C2=O)CC1. The van der Waals surface area contributed by atoms with Crippen LogP contribution in [0.5, 0.6) is 0 Å². The smallest absolute Gasteiger partial charge is 0.241 e. The number of nitrogens with zero attached hydrogens (tertiary/aromatic N) is 4. The van der Waals surface area contributed by atoms with Crippen LogP contribution in [0, 0.1) is 0 Å². The highest BCUT2D eigenvalue weighted by Gasteiger charge is 2.38. The van der Waals surface area contributed by atoms with Crippen molar-refractivity contribution < 1.29 is 24.0 Å². The Hall–Kier alpha value is -3.53. The fraction of sp³-hybridized carbons (Fsp3) is 0.480. The predicted octanol–water partition coefficient (Wildman–Crippen LogP) is 0.110. The van der Waals surface area contributed by atoms with Gasteiger partial charge in [-0.2, -0.15) is 0 Å². The summed E-state index contributed by atoms with van der Waals surface area (Å²) in [5, 5.41) is 2.78. The van der Waals surface area contributed by atoms with Crippen molar-refractivity contribution >= 4 is 29.3 Å². The third kappa shape index (κ3) is 4.84. The maximum Gasteiger partial charge on any atom is 0.241 e. The first kappa shape index (κ1) is 24.6. The van der Waals surface area contributed by atoms with Crippen molar-refractivity contribution in [1.82, 2.24) is 24.9 Å². The van der Waals surface area contributed by atoms with Crippen LogP contribution in [-0.4, -0.2) is 107 Å². The van der Waals surface area contributed by atoms with E-state index in [2.05, 4.69) is 5.32 Å². The van der Waals surface area contributed by atoms with Gasteiger partial charge in [-0.3, -0.25) is 28.9 Å². The zero-order valence-electron chi connectivity index (χ0n) is 20.4. The van der Waals surface area contributed by atoms with E-state index in [1.807, 2.05) is 4.90 Å². The summed E-state index contributed by atoms with van der Waals surface area (Å²) in [6.07, 6.45) is 0. The Morgan fingerprint density at radius 3 is 1.77 bits per heavy atom. The lowest BCUT2D eigenvalue weighted by atomic mass is 9.89. The third-order valence-corrected chi connectivity index (χ3v) is 7.07. The van der Waals surface area contributed by atoms with Crippen LogP contribution in [0.15, 0.2) is 35.7 Å². The molecule has 2 fully saturated rings. The Morgan fingerprint density at radius 1 is 0.771 bits per heavy atom. The van der Waals surface area contributed by atoms with E-state index in [1.165, 1.54) is 13.8 Å². The molecule has 0 aromatic heterocycles. The van der Waals surface area contributed by atoms with E-state index < -0.39 is 11.8 Å². The summed E-state index contributed by atoms with van der Waals surface area (Å²) in [6, 6.07) is 6.07. The van der Waals surface area contributed by atoms with Crippen LogP contribution in [-0.2, 0) is 14.4 Å². The number of benzene rings is 1. The lowest BCUT2D eigenvalue weighted by Crippen LogP contribution is -2.55. The second-order valence-electron chi connectivity index (χ2n) is 9.13. The largest absolute Gasteiger partial charge is 0.363 e. The van der Waals surface area contributed by atoms with Crippen molar-refractivity contribution in [2.75, 3.05) is 52.4 Å². The summed E-state index contributed by atoms with van der Waals surface area (Å²) in [5.74, 6) is -1.12. The van der Waals surface area contributed by atoms with Crippen LogP contribution in [0.25, 0.3) is 0 Å². The van der Waals surface area contributed by atoms with Crippen LogP contribution in [0.4, 0.5) is 0 Å². The normalized spacial score (nSPS) is 20.0. The number of Topliss-reactive ketones (excluding diaryl/α,β-unsaturated/α-hetero) is 2. The van der Waals surface area contributed by atoms with E-state index in [4.69, 9.17) is 0 Å². The Kier molecular flexibility index (Phi) is 7.02. The number of hydrogen-bond acceptors (Lipinski definition) is 7. The van der Waals surface area contributed by atoms with E-state index in [0.717, 1.165) is 0 Å². The lowest BCUT2D eigenvalue weighted by Gasteiger charge is -2.39. The fourth-order valence-corrected chi connectivity index (χ4v) is 4.84. The number of rotatable bonds is 4. The highest BCUT2D eigenvalue weighted by Crippen LogP contribution is 2.28. The molecule has 2 saturated heterocycles. The first-order chi connectivity index (χ1) is 16.7. The highest BCUT2D eigenvalue weighted by atomic mass is 16.2. The first-order valence-electron chi connectivity index (χ1n) is 11.9. The van der Waals surface area contributed by atoms with Gasteiger partial charge in [-0.1, -0.05) is 24.3 Å². The topological polar surface area (TPSA) is 110 Å². The quantitative estimate of drug-likeness (QED) is 0.650. The van der Waals surface area contributed by atoms with Crippen molar-refractivity contribution in [2.24, 2.45) is 0 Å². The standard InChI is InChI=1S/C25H31N5O5/c1-16(27-8-10-28(11-9-27)17(2)31)25(35)26-21-22(30-14-12-29(13-15-30)18(3)32)24(34)20-7-5-4-6-19(20)23(21)33/h4-7,16H,8-15H2,1-3H3,(H,26,35). The molecule has 3 aliphatic rings. The van der Waals surface area contributed by atoms with Gasteiger partial charge in [0.2, 0.25) is 29.3 Å². The number of carbonyl (C=O) groups is 5. The van der Waals surface area contributed by atoms with Gasteiger partial charge in [0.05, 0.1) is 6.04 Å². The summed E-state index contributed by atoms with van der Waals surface area (Å²) in [6.45, 7) is 8.58. The molecule has 0 bridgehead atoms. The molecule has 35 heavy (non-hydrogen) atoms. The minimum Gasteiger partial charge on any atom is -0.363 e. The Bertz CT molecular complexity index is 1100. The van der Waals surface area contributed by atoms with E-state index in [-0.39, 0.29) is 40.5 Å². The minimum atomic E-state index is -0.549. The van der Waals surface area contributed by atoms with Crippen LogP contribution in [0.1, 0.15) is 41.5 Å². The molecule has 2 aliphatic heterocycles.